The molecule has 43 heavy (non-hydrogen) atoms. The fraction of sp³-hybridized carbons (Fsp3) is 0.342. The highest BCUT2D eigenvalue weighted by Crippen LogP contribution is 2.47. The van der Waals surface area contributed by atoms with Gasteiger partial charge in [0.05, 0.1) is 11.5 Å². The molecule has 0 N–H and O–H groups in total. The van der Waals surface area contributed by atoms with E-state index >= 15 is 0 Å². The number of anilines is 1. The van der Waals surface area contributed by atoms with Gasteiger partial charge < -0.3 is 18.6 Å². The van der Waals surface area contributed by atoms with E-state index < -0.39 is 6.82 Å². The van der Waals surface area contributed by atoms with Gasteiger partial charge in [-0.15, -0.1) is 0 Å². The average molecular weight is 569 g/mol. The second-order valence-corrected chi connectivity index (χ2v) is 12.7. The lowest BCUT2D eigenvalue weighted by Gasteiger charge is -2.51. The zero-order valence-corrected chi connectivity index (χ0v) is 25.6. The van der Waals surface area contributed by atoms with Crippen molar-refractivity contribution in [2.75, 3.05) is 17.9 Å². The Bertz CT molecular complexity index is 1960. The van der Waals surface area contributed by atoms with Crippen molar-refractivity contribution in [3.63, 3.8) is 0 Å². The fourth-order valence-corrected chi connectivity index (χ4v) is 8.02. The van der Waals surface area contributed by atoms with E-state index in [0.717, 1.165) is 43.9 Å². The molecule has 5 aromatic carbocycles. The molecule has 8 rings (SSSR count). The van der Waals surface area contributed by atoms with E-state index in [0.29, 0.717) is 0 Å². The van der Waals surface area contributed by atoms with Crippen molar-refractivity contribution in [2.45, 2.75) is 71.6 Å². The first-order chi connectivity index (χ1) is 21.2. The molecule has 2 aliphatic heterocycles. The van der Waals surface area contributed by atoms with Gasteiger partial charge in [-0.3, -0.25) is 0 Å². The monoisotopic (exact) mass is 568 g/mol. The summed E-state index contributed by atoms with van der Waals surface area (Å²) in [6, 6.07) is 24.6. The van der Waals surface area contributed by atoms with E-state index in [2.05, 4.69) is 102 Å². The summed E-state index contributed by atoms with van der Waals surface area (Å²) in [5, 5.41) is 8.79. The van der Waals surface area contributed by atoms with Gasteiger partial charge in [0.15, 0.2) is 5.36 Å². The molecule has 1 atom stereocenters. The van der Waals surface area contributed by atoms with Crippen LogP contribution in [0.1, 0.15) is 76.3 Å². The maximum atomic E-state index is 7.40. The van der Waals surface area contributed by atoms with Gasteiger partial charge in [0, 0.05) is 39.7 Å². The lowest BCUT2D eigenvalue weighted by Crippen LogP contribution is -2.77. The smallest absolute Gasteiger partial charge is 0.601 e. The molecule has 5 aromatic rings. The minimum Gasteiger partial charge on any atom is -0.601 e. The zero-order chi connectivity index (χ0) is 29.0. The Balaban J connectivity index is 1.40. The minimum atomic E-state index is -2.05. The normalized spacial score (nSPS) is 18.2. The van der Waals surface area contributed by atoms with Gasteiger partial charge in [-0.2, -0.15) is 0 Å². The molecule has 218 valence electrons. The zero-order valence-electron chi connectivity index (χ0n) is 25.6. The standard InChI is InChI=1S/C38H41BN2O2/c1-3-5-7-9-23-40-33-25-35(31-21-13-17-27-15-11-19-29(33)37(27)31)42-39(40)41(24-10-8-6-4-2)34-26-36(43-39)32-22-14-18-28-16-12-20-30(34)38(28)32/h11-19,21-22,25-26H,3-10,20,23-24H2,1-2H3. The molecule has 4 nitrogen and oxygen atoms in total. The molecule has 1 spiro atoms. The second-order valence-electron chi connectivity index (χ2n) is 12.7. The Morgan fingerprint density at radius 2 is 1.44 bits per heavy atom. The fourth-order valence-electron chi connectivity index (χ4n) is 8.02. The Hall–Kier alpha value is -3.99. The van der Waals surface area contributed by atoms with Crippen LogP contribution >= 0.6 is 0 Å². The molecule has 0 fully saturated rings. The second kappa shape index (κ2) is 10.6. The van der Waals surface area contributed by atoms with Crippen molar-refractivity contribution in [2.24, 2.45) is 0 Å². The van der Waals surface area contributed by atoms with Crippen LogP contribution in [0.5, 0.6) is 11.5 Å². The average Bonchev–Trinajstić information content (AvgIpc) is 3.04. The number of unbranched alkanes of at least 4 members (excludes halogenated alkanes) is 6. The van der Waals surface area contributed by atoms with Crippen molar-refractivity contribution in [1.29, 1.82) is 0 Å². The Morgan fingerprint density at radius 3 is 2.23 bits per heavy atom. The third-order valence-corrected chi connectivity index (χ3v) is 10.0. The van der Waals surface area contributed by atoms with Crippen LogP contribution in [0.2, 0.25) is 0 Å². The highest BCUT2D eigenvalue weighted by molar-refractivity contribution is 6.72. The van der Waals surface area contributed by atoms with Crippen LogP contribution < -0.4 is 24.0 Å². The Kier molecular flexibility index (Phi) is 6.58. The van der Waals surface area contributed by atoms with E-state index in [1.165, 1.54) is 93.0 Å². The van der Waals surface area contributed by atoms with Crippen LogP contribution in [-0.2, 0) is 6.42 Å². The van der Waals surface area contributed by atoms with Crippen LogP contribution in [0.3, 0.4) is 0 Å². The topological polar surface area (TPSA) is 24.7 Å². The summed E-state index contributed by atoms with van der Waals surface area (Å²) in [5.74, 6) is 1.88. The van der Waals surface area contributed by atoms with Gasteiger partial charge in [-0.1, -0.05) is 107 Å². The Morgan fingerprint density at radius 1 is 0.744 bits per heavy atom. The maximum Gasteiger partial charge on any atom is 0.770 e. The van der Waals surface area contributed by atoms with Gasteiger partial charge in [0.25, 0.3) is 0 Å². The van der Waals surface area contributed by atoms with Crippen molar-refractivity contribution in [3.05, 3.63) is 89.3 Å². The lowest BCUT2D eigenvalue weighted by atomic mass is 9.75. The highest BCUT2D eigenvalue weighted by atomic mass is 16.6. The number of fused-ring (bicyclic) bond motifs is 8. The van der Waals surface area contributed by atoms with Crippen LogP contribution in [-0.4, -0.2) is 19.9 Å². The quantitative estimate of drug-likeness (QED) is 0.124. The summed E-state index contributed by atoms with van der Waals surface area (Å²) in [6.07, 6.45) is 15.1. The lowest BCUT2D eigenvalue weighted by molar-refractivity contribution is 0.324. The number of benzene rings is 5. The third-order valence-electron chi connectivity index (χ3n) is 10.0. The summed E-state index contributed by atoms with van der Waals surface area (Å²) in [4.78, 5) is 2.55. The predicted octanol–water partition coefficient (Wildman–Crippen LogP) is 8.81. The highest BCUT2D eigenvalue weighted by Gasteiger charge is 2.59. The van der Waals surface area contributed by atoms with E-state index in [4.69, 9.17) is 9.31 Å². The molecule has 1 unspecified atom stereocenters. The van der Waals surface area contributed by atoms with Gasteiger partial charge in [0.2, 0.25) is 0 Å². The van der Waals surface area contributed by atoms with Crippen molar-refractivity contribution in [1.82, 2.24) is 4.49 Å². The van der Waals surface area contributed by atoms with E-state index in [1.54, 1.807) is 0 Å². The number of rotatable bonds is 10. The van der Waals surface area contributed by atoms with Gasteiger partial charge in [-0.05, 0) is 59.8 Å². The Labute approximate surface area is 254 Å². The number of hydrogen-bond donors (Lipinski definition) is 0. The summed E-state index contributed by atoms with van der Waals surface area (Å²) >= 11 is 0. The van der Waals surface area contributed by atoms with Crippen molar-refractivity contribution >= 4 is 50.9 Å². The maximum absolute atomic E-state index is 7.40. The van der Waals surface area contributed by atoms with Crippen LogP contribution in [0, 0.1) is 0 Å². The third kappa shape index (κ3) is 4.07. The van der Waals surface area contributed by atoms with E-state index in [9.17, 15) is 0 Å². The SMILES string of the molecule is CCCCCCN1c2cc(c3cccc4c3c2CC=C4)O[B-]12Oc1cc(c3cccc4cccc1c43)=[N+]2CCCCCC. The summed E-state index contributed by atoms with van der Waals surface area (Å²) in [6.45, 7) is 4.31. The van der Waals surface area contributed by atoms with Crippen LogP contribution in [0.15, 0.2) is 72.8 Å². The van der Waals surface area contributed by atoms with Gasteiger partial charge in [-0.25, -0.2) is 0 Å². The van der Waals surface area contributed by atoms with Crippen molar-refractivity contribution < 1.29 is 9.31 Å². The molecular formula is C38H41BN2O2. The number of hydrogen-bond acceptors (Lipinski definition) is 3. The molecule has 3 aliphatic rings. The summed E-state index contributed by atoms with van der Waals surface area (Å²) in [7, 11) is 0. The minimum absolute atomic E-state index is 0.895. The van der Waals surface area contributed by atoms with Crippen LogP contribution in [0.25, 0.3) is 38.4 Å². The molecule has 0 radical (unpaired) electrons. The first-order valence-electron chi connectivity index (χ1n) is 16.7. The van der Waals surface area contributed by atoms with Gasteiger partial charge in [0.1, 0.15) is 6.54 Å². The van der Waals surface area contributed by atoms with Crippen LogP contribution in [0.4, 0.5) is 5.69 Å². The molecule has 5 heteroatoms. The molecule has 4 bridgehead atoms. The van der Waals surface area contributed by atoms with E-state index in [1.807, 2.05) is 0 Å². The molecule has 0 saturated heterocycles. The molecule has 0 aromatic heterocycles. The molecule has 1 aliphatic carbocycles. The molecule has 2 heterocycles. The van der Waals surface area contributed by atoms with Gasteiger partial charge >= 0.3 is 6.82 Å². The van der Waals surface area contributed by atoms with Crippen molar-refractivity contribution in [3.8, 4) is 11.5 Å². The first-order valence-corrected chi connectivity index (χ1v) is 16.7. The molecule has 0 amide bonds. The molecule has 0 saturated carbocycles. The number of allylic oxidation sites excluding steroid dienone is 1. The predicted molar refractivity (Wildman–Crippen MR) is 182 cm³/mol. The summed E-state index contributed by atoms with van der Waals surface area (Å²) < 4.78 is 17.3. The van der Waals surface area contributed by atoms with E-state index in [-0.39, 0.29) is 0 Å². The molecular weight excluding hydrogens is 527 g/mol. The summed E-state index contributed by atoms with van der Waals surface area (Å²) in [5.41, 5.74) is 3.98. The number of nitrogens with zero attached hydrogens (tertiary/aromatic N) is 2. The first kappa shape index (κ1) is 26.6. The largest absolute Gasteiger partial charge is 0.770 e.